The molecule has 2 atom stereocenters. The van der Waals surface area contributed by atoms with Crippen molar-refractivity contribution in [1.29, 1.82) is 0 Å². The largest absolute Gasteiger partial charge is 0.496 e. The minimum absolute atomic E-state index is 0.0360. The van der Waals surface area contributed by atoms with Crippen LogP contribution in [0.5, 0.6) is 5.75 Å². The Kier molecular flexibility index (Phi) is 5.25. The molecular formula is C17H29N3O. The highest BCUT2D eigenvalue weighted by atomic mass is 16.5. The van der Waals surface area contributed by atoms with E-state index < -0.39 is 0 Å². The summed E-state index contributed by atoms with van der Waals surface area (Å²) < 4.78 is 5.60. The summed E-state index contributed by atoms with van der Waals surface area (Å²) in [4.78, 5) is 4.77. The zero-order chi connectivity index (χ0) is 15.6. The Balaban J connectivity index is 2.36. The Hall–Kier alpha value is -1.10. The van der Waals surface area contributed by atoms with E-state index in [4.69, 9.17) is 10.5 Å². The number of nitrogens with zero attached hydrogens (tertiary/aromatic N) is 2. The molecule has 1 aliphatic rings. The molecule has 2 rings (SSSR count). The molecule has 0 spiro atoms. The first-order chi connectivity index (χ1) is 9.93. The van der Waals surface area contributed by atoms with Gasteiger partial charge in [0.1, 0.15) is 5.75 Å². The number of ether oxygens (including phenoxy) is 1. The molecule has 1 heterocycles. The van der Waals surface area contributed by atoms with E-state index >= 15 is 0 Å². The van der Waals surface area contributed by atoms with Crippen molar-refractivity contribution in [2.45, 2.75) is 32.4 Å². The first kappa shape index (κ1) is 16.3. The fourth-order valence-electron chi connectivity index (χ4n) is 3.42. The Morgan fingerprint density at radius 3 is 2.62 bits per heavy atom. The van der Waals surface area contributed by atoms with Gasteiger partial charge in [0.2, 0.25) is 0 Å². The summed E-state index contributed by atoms with van der Waals surface area (Å²) in [5.74, 6) is 0.917. The third kappa shape index (κ3) is 3.57. The number of methoxy groups -OCH3 is 1. The first-order valence-corrected chi connectivity index (χ1v) is 7.73. The van der Waals surface area contributed by atoms with Crippen LogP contribution in [0.2, 0.25) is 0 Å². The second kappa shape index (κ2) is 6.77. The average Bonchev–Trinajstić information content (AvgIpc) is 2.58. The number of aryl methyl sites for hydroxylation is 2. The van der Waals surface area contributed by atoms with E-state index in [9.17, 15) is 0 Å². The molecule has 0 aromatic heterocycles. The molecule has 1 aromatic rings. The van der Waals surface area contributed by atoms with Crippen LogP contribution in [0, 0.1) is 13.8 Å². The van der Waals surface area contributed by atoms with Crippen molar-refractivity contribution in [3.63, 3.8) is 0 Å². The zero-order valence-electron chi connectivity index (χ0n) is 14.0. The van der Waals surface area contributed by atoms with E-state index in [1.165, 1.54) is 17.5 Å². The van der Waals surface area contributed by atoms with Crippen molar-refractivity contribution in [3.8, 4) is 5.75 Å². The molecule has 2 N–H and O–H groups in total. The van der Waals surface area contributed by atoms with Gasteiger partial charge >= 0.3 is 0 Å². The number of benzene rings is 1. The molecule has 2 unspecified atom stereocenters. The summed E-state index contributed by atoms with van der Waals surface area (Å²) >= 11 is 0. The van der Waals surface area contributed by atoms with Gasteiger partial charge in [0.25, 0.3) is 0 Å². The lowest BCUT2D eigenvalue weighted by atomic mass is 9.92. The van der Waals surface area contributed by atoms with E-state index in [2.05, 4.69) is 49.9 Å². The quantitative estimate of drug-likeness (QED) is 0.924. The van der Waals surface area contributed by atoms with Crippen LogP contribution < -0.4 is 10.5 Å². The smallest absolute Gasteiger partial charge is 0.124 e. The van der Waals surface area contributed by atoms with Crippen LogP contribution in [0.3, 0.4) is 0 Å². The van der Waals surface area contributed by atoms with Crippen molar-refractivity contribution < 1.29 is 4.74 Å². The van der Waals surface area contributed by atoms with Crippen LogP contribution in [0.4, 0.5) is 0 Å². The predicted molar refractivity (Wildman–Crippen MR) is 87.9 cm³/mol. The van der Waals surface area contributed by atoms with Crippen LogP contribution in [0.1, 0.15) is 29.2 Å². The topological polar surface area (TPSA) is 41.7 Å². The highest BCUT2D eigenvalue weighted by Gasteiger charge is 2.29. The predicted octanol–water partition coefficient (Wildman–Crippen LogP) is 1.95. The second-order valence-electron chi connectivity index (χ2n) is 6.39. The van der Waals surface area contributed by atoms with Gasteiger partial charge in [0, 0.05) is 18.2 Å². The lowest BCUT2D eigenvalue weighted by Gasteiger charge is -2.34. The van der Waals surface area contributed by atoms with Crippen molar-refractivity contribution in [3.05, 3.63) is 28.8 Å². The zero-order valence-corrected chi connectivity index (χ0v) is 14.0. The summed E-state index contributed by atoms with van der Waals surface area (Å²) in [6, 6.07) is 4.56. The SMILES string of the molecule is COc1cc(C)cc(C)c1C(N)C1CN(C)CCCN1C. The minimum Gasteiger partial charge on any atom is -0.496 e. The van der Waals surface area contributed by atoms with Gasteiger partial charge in [-0.1, -0.05) is 6.07 Å². The summed E-state index contributed by atoms with van der Waals surface area (Å²) in [5.41, 5.74) is 10.3. The summed E-state index contributed by atoms with van der Waals surface area (Å²) in [5, 5.41) is 0. The third-order valence-electron chi connectivity index (χ3n) is 4.58. The molecule has 0 saturated carbocycles. The third-order valence-corrected chi connectivity index (χ3v) is 4.58. The number of hydrogen-bond acceptors (Lipinski definition) is 4. The first-order valence-electron chi connectivity index (χ1n) is 7.73. The van der Waals surface area contributed by atoms with Crippen LogP contribution in [-0.2, 0) is 0 Å². The van der Waals surface area contributed by atoms with Gasteiger partial charge in [-0.25, -0.2) is 0 Å². The summed E-state index contributed by atoms with van der Waals surface area (Å²) in [6.07, 6.45) is 1.19. The van der Waals surface area contributed by atoms with Gasteiger partial charge < -0.3 is 20.3 Å². The Labute approximate surface area is 128 Å². The fraction of sp³-hybridized carbons (Fsp3) is 0.647. The van der Waals surface area contributed by atoms with Crippen LogP contribution in [-0.4, -0.2) is 56.7 Å². The molecule has 0 aliphatic carbocycles. The second-order valence-corrected chi connectivity index (χ2v) is 6.39. The van der Waals surface area contributed by atoms with E-state index in [0.717, 1.165) is 30.9 Å². The summed E-state index contributed by atoms with van der Waals surface area (Å²) in [6.45, 7) is 7.45. The maximum atomic E-state index is 6.67. The maximum absolute atomic E-state index is 6.67. The fourth-order valence-corrected chi connectivity index (χ4v) is 3.42. The van der Waals surface area contributed by atoms with Crippen molar-refractivity contribution >= 4 is 0 Å². The number of hydrogen-bond donors (Lipinski definition) is 1. The van der Waals surface area contributed by atoms with Crippen molar-refractivity contribution in [1.82, 2.24) is 9.80 Å². The van der Waals surface area contributed by atoms with Crippen molar-refractivity contribution in [2.75, 3.05) is 40.8 Å². The van der Waals surface area contributed by atoms with Crippen LogP contribution >= 0.6 is 0 Å². The number of nitrogens with two attached hydrogens (primary N) is 1. The lowest BCUT2D eigenvalue weighted by molar-refractivity contribution is 0.194. The van der Waals surface area contributed by atoms with E-state index in [0.29, 0.717) is 6.04 Å². The molecule has 1 aromatic carbocycles. The Bertz CT molecular complexity index is 489. The lowest BCUT2D eigenvalue weighted by Crippen LogP contribution is -2.45. The van der Waals surface area contributed by atoms with Crippen LogP contribution in [0.25, 0.3) is 0 Å². The molecule has 1 fully saturated rings. The summed E-state index contributed by atoms with van der Waals surface area (Å²) in [7, 11) is 6.09. The number of rotatable bonds is 3. The molecular weight excluding hydrogens is 262 g/mol. The van der Waals surface area contributed by atoms with E-state index in [1.807, 2.05) is 0 Å². The maximum Gasteiger partial charge on any atom is 0.124 e. The Morgan fingerprint density at radius 1 is 1.24 bits per heavy atom. The standard InChI is InChI=1S/C17H29N3O/c1-12-9-13(2)16(15(10-12)21-5)17(18)14-11-19(3)7-6-8-20(14)4/h9-10,14,17H,6-8,11,18H2,1-5H3. The molecule has 4 nitrogen and oxygen atoms in total. The highest BCUT2D eigenvalue weighted by molar-refractivity contribution is 5.45. The van der Waals surface area contributed by atoms with Gasteiger partial charge in [0.05, 0.1) is 13.2 Å². The van der Waals surface area contributed by atoms with Gasteiger partial charge in [-0.2, -0.15) is 0 Å². The van der Waals surface area contributed by atoms with Gasteiger partial charge in [-0.05, 0) is 64.6 Å². The Morgan fingerprint density at radius 2 is 1.95 bits per heavy atom. The normalized spacial score (nSPS) is 22.9. The minimum atomic E-state index is -0.0360. The molecule has 0 amide bonds. The van der Waals surface area contributed by atoms with Gasteiger partial charge in [-0.15, -0.1) is 0 Å². The highest BCUT2D eigenvalue weighted by Crippen LogP contribution is 2.32. The van der Waals surface area contributed by atoms with Gasteiger partial charge in [0.15, 0.2) is 0 Å². The van der Waals surface area contributed by atoms with E-state index in [-0.39, 0.29) is 6.04 Å². The molecule has 118 valence electrons. The molecule has 21 heavy (non-hydrogen) atoms. The molecule has 4 heteroatoms. The number of likely N-dealkylation sites (N-methyl/N-ethyl adjacent to an activating group) is 2. The van der Waals surface area contributed by atoms with Crippen molar-refractivity contribution in [2.24, 2.45) is 5.73 Å². The monoisotopic (exact) mass is 291 g/mol. The molecule has 0 radical (unpaired) electrons. The average molecular weight is 291 g/mol. The van der Waals surface area contributed by atoms with Gasteiger partial charge in [-0.3, -0.25) is 0 Å². The molecule has 0 bridgehead atoms. The van der Waals surface area contributed by atoms with E-state index in [1.54, 1.807) is 7.11 Å². The van der Waals surface area contributed by atoms with Crippen LogP contribution in [0.15, 0.2) is 12.1 Å². The molecule has 1 saturated heterocycles. The molecule has 1 aliphatic heterocycles.